The van der Waals surface area contributed by atoms with Crippen LogP contribution in [0.25, 0.3) is 0 Å². The molecule has 13 heavy (non-hydrogen) atoms. The molecule has 4 heteroatoms. The monoisotopic (exact) mass is 188 g/mol. The Kier molecular flexibility index (Phi) is 3.69. The van der Waals surface area contributed by atoms with E-state index in [2.05, 4.69) is 4.74 Å². The van der Waals surface area contributed by atoms with E-state index in [1.165, 1.54) is 7.11 Å². The van der Waals surface area contributed by atoms with Crippen LogP contribution < -0.4 is 0 Å². The Morgan fingerprint density at radius 3 is 2.62 bits per heavy atom. The summed E-state index contributed by atoms with van der Waals surface area (Å²) in [6.07, 6.45) is 1.19. The third kappa shape index (κ3) is 2.42. The fourth-order valence-corrected chi connectivity index (χ4v) is 1.75. The number of hydrogen-bond acceptors (Lipinski definition) is 4. The minimum atomic E-state index is -0.439. The van der Waals surface area contributed by atoms with Crippen molar-refractivity contribution < 1.29 is 19.4 Å². The molecule has 3 atom stereocenters. The molecule has 1 saturated carbocycles. The zero-order valence-corrected chi connectivity index (χ0v) is 8.03. The number of carbonyl (C=O) groups excluding carboxylic acids is 1. The highest BCUT2D eigenvalue weighted by Crippen LogP contribution is 2.27. The lowest BCUT2D eigenvalue weighted by Crippen LogP contribution is -2.38. The number of aliphatic hydroxyl groups is 1. The Labute approximate surface area is 77.8 Å². The molecule has 0 spiro atoms. The van der Waals surface area contributed by atoms with Crippen LogP contribution in [0.2, 0.25) is 0 Å². The van der Waals surface area contributed by atoms with Crippen molar-refractivity contribution >= 4 is 5.97 Å². The summed E-state index contributed by atoms with van der Waals surface area (Å²) >= 11 is 0. The number of hydrogen-bond donors (Lipinski definition) is 1. The average molecular weight is 188 g/mol. The van der Waals surface area contributed by atoms with Gasteiger partial charge in [0.1, 0.15) is 0 Å². The Bertz CT molecular complexity index is 180. The molecule has 0 heterocycles. The first-order valence-corrected chi connectivity index (χ1v) is 4.47. The Hall–Kier alpha value is -0.610. The second-order valence-corrected chi connectivity index (χ2v) is 3.37. The predicted octanol–water partition coefficient (Wildman–Crippen LogP) is 0.335. The van der Waals surface area contributed by atoms with Crippen LogP contribution in [0.15, 0.2) is 0 Å². The lowest BCUT2D eigenvalue weighted by molar-refractivity contribution is -0.150. The van der Waals surface area contributed by atoms with E-state index >= 15 is 0 Å². The van der Waals surface area contributed by atoms with Crippen molar-refractivity contribution in [3.8, 4) is 0 Å². The highest BCUT2D eigenvalue weighted by atomic mass is 16.5. The smallest absolute Gasteiger partial charge is 0.308 e. The molecule has 0 aromatic rings. The van der Waals surface area contributed by atoms with E-state index in [0.717, 1.165) is 0 Å². The van der Waals surface area contributed by atoms with Gasteiger partial charge in [-0.05, 0) is 19.3 Å². The lowest BCUT2D eigenvalue weighted by Gasteiger charge is -2.30. The molecule has 1 rings (SSSR count). The van der Waals surface area contributed by atoms with Crippen molar-refractivity contribution in [3.05, 3.63) is 0 Å². The predicted molar refractivity (Wildman–Crippen MR) is 46.2 cm³/mol. The third-order valence-electron chi connectivity index (χ3n) is 2.59. The van der Waals surface area contributed by atoms with Crippen LogP contribution in [-0.2, 0) is 14.3 Å². The molecule has 0 aliphatic heterocycles. The molecular formula is C9H16O4. The SMILES string of the molecule is COC(=O)[C@@H]1CC[C@H](O)[C@H](OC)C1. The van der Waals surface area contributed by atoms with Crippen LogP contribution in [0.5, 0.6) is 0 Å². The van der Waals surface area contributed by atoms with Gasteiger partial charge >= 0.3 is 5.97 Å². The molecular weight excluding hydrogens is 172 g/mol. The van der Waals surface area contributed by atoms with Gasteiger partial charge in [0.05, 0.1) is 25.2 Å². The number of aliphatic hydroxyl groups excluding tert-OH is 1. The maximum atomic E-state index is 11.2. The summed E-state index contributed by atoms with van der Waals surface area (Å²) in [4.78, 5) is 11.2. The maximum Gasteiger partial charge on any atom is 0.308 e. The first kappa shape index (κ1) is 10.5. The quantitative estimate of drug-likeness (QED) is 0.635. The van der Waals surface area contributed by atoms with E-state index in [0.29, 0.717) is 19.3 Å². The van der Waals surface area contributed by atoms with Crippen molar-refractivity contribution in [2.75, 3.05) is 14.2 Å². The van der Waals surface area contributed by atoms with E-state index in [1.807, 2.05) is 0 Å². The molecule has 1 aliphatic rings. The lowest BCUT2D eigenvalue weighted by atomic mass is 9.85. The molecule has 0 aromatic carbocycles. The molecule has 4 nitrogen and oxygen atoms in total. The fraction of sp³-hybridized carbons (Fsp3) is 0.889. The molecule has 0 amide bonds. The average Bonchev–Trinajstić information content (AvgIpc) is 2.17. The Morgan fingerprint density at radius 1 is 1.38 bits per heavy atom. The minimum absolute atomic E-state index is 0.113. The molecule has 0 bridgehead atoms. The van der Waals surface area contributed by atoms with Gasteiger partial charge in [-0.3, -0.25) is 4.79 Å². The van der Waals surface area contributed by atoms with Crippen LogP contribution >= 0.6 is 0 Å². The first-order valence-electron chi connectivity index (χ1n) is 4.47. The van der Waals surface area contributed by atoms with Gasteiger partial charge in [0.2, 0.25) is 0 Å². The molecule has 1 aliphatic carbocycles. The molecule has 0 radical (unpaired) electrons. The van der Waals surface area contributed by atoms with Gasteiger partial charge in [0, 0.05) is 7.11 Å². The van der Waals surface area contributed by atoms with Crippen molar-refractivity contribution in [2.24, 2.45) is 5.92 Å². The minimum Gasteiger partial charge on any atom is -0.469 e. The van der Waals surface area contributed by atoms with E-state index in [4.69, 9.17) is 4.74 Å². The summed E-state index contributed by atoms with van der Waals surface area (Å²) < 4.78 is 9.71. The van der Waals surface area contributed by atoms with Gasteiger partial charge in [-0.2, -0.15) is 0 Å². The van der Waals surface area contributed by atoms with E-state index in [1.54, 1.807) is 7.11 Å². The van der Waals surface area contributed by atoms with Gasteiger partial charge in [0.15, 0.2) is 0 Å². The van der Waals surface area contributed by atoms with Gasteiger partial charge in [-0.1, -0.05) is 0 Å². The van der Waals surface area contributed by atoms with Crippen molar-refractivity contribution in [1.82, 2.24) is 0 Å². The van der Waals surface area contributed by atoms with E-state index in [9.17, 15) is 9.90 Å². The summed E-state index contributed by atoms with van der Waals surface area (Å²) in [6, 6.07) is 0. The maximum absolute atomic E-state index is 11.2. The molecule has 0 aromatic heterocycles. The first-order chi connectivity index (χ1) is 6.19. The van der Waals surface area contributed by atoms with Gasteiger partial charge in [-0.25, -0.2) is 0 Å². The molecule has 76 valence electrons. The highest BCUT2D eigenvalue weighted by Gasteiger charge is 2.33. The summed E-state index contributed by atoms with van der Waals surface area (Å²) in [5.41, 5.74) is 0. The van der Waals surface area contributed by atoms with E-state index in [-0.39, 0.29) is 18.0 Å². The summed E-state index contributed by atoms with van der Waals surface area (Å²) in [5.74, 6) is -0.313. The summed E-state index contributed by atoms with van der Waals surface area (Å²) in [5, 5.41) is 9.46. The standard InChI is InChI=1S/C9H16O4/c1-12-8-5-6(9(11)13-2)3-4-7(8)10/h6-8,10H,3-5H2,1-2H3/t6-,7+,8-/m1/s1. The number of ether oxygens (including phenoxy) is 2. The third-order valence-corrected chi connectivity index (χ3v) is 2.59. The van der Waals surface area contributed by atoms with Crippen molar-refractivity contribution in [1.29, 1.82) is 0 Å². The summed E-state index contributed by atoms with van der Waals surface area (Å²) in [7, 11) is 2.93. The number of esters is 1. The molecule has 0 saturated heterocycles. The zero-order chi connectivity index (χ0) is 9.84. The van der Waals surface area contributed by atoms with Crippen LogP contribution in [0.1, 0.15) is 19.3 Å². The fourth-order valence-electron chi connectivity index (χ4n) is 1.75. The van der Waals surface area contributed by atoms with E-state index < -0.39 is 6.10 Å². The number of rotatable bonds is 2. The second-order valence-electron chi connectivity index (χ2n) is 3.37. The summed E-state index contributed by atoms with van der Waals surface area (Å²) in [6.45, 7) is 0. The Balaban J connectivity index is 2.49. The second kappa shape index (κ2) is 4.58. The van der Waals surface area contributed by atoms with Gasteiger partial charge < -0.3 is 14.6 Å². The number of carbonyl (C=O) groups is 1. The van der Waals surface area contributed by atoms with Crippen LogP contribution in [0.4, 0.5) is 0 Å². The zero-order valence-electron chi connectivity index (χ0n) is 8.03. The van der Waals surface area contributed by atoms with Crippen molar-refractivity contribution in [3.63, 3.8) is 0 Å². The van der Waals surface area contributed by atoms with Gasteiger partial charge in [-0.15, -0.1) is 0 Å². The normalized spacial score (nSPS) is 34.2. The van der Waals surface area contributed by atoms with Crippen LogP contribution in [-0.4, -0.2) is 37.5 Å². The largest absolute Gasteiger partial charge is 0.469 e. The van der Waals surface area contributed by atoms with Crippen LogP contribution in [0.3, 0.4) is 0 Å². The molecule has 1 fully saturated rings. The highest BCUT2D eigenvalue weighted by molar-refractivity contribution is 5.72. The molecule has 0 unspecified atom stereocenters. The Morgan fingerprint density at radius 2 is 2.08 bits per heavy atom. The molecule has 1 N–H and O–H groups in total. The van der Waals surface area contributed by atoms with Gasteiger partial charge in [0.25, 0.3) is 0 Å². The topological polar surface area (TPSA) is 55.8 Å². The van der Waals surface area contributed by atoms with Crippen LogP contribution in [0, 0.1) is 5.92 Å². The number of methoxy groups -OCH3 is 2. The van der Waals surface area contributed by atoms with Crippen molar-refractivity contribution in [2.45, 2.75) is 31.5 Å².